The Morgan fingerprint density at radius 2 is 2.12 bits per heavy atom. The molecule has 3 aliphatic rings. The van der Waals surface area contributed by atoms with Crippen LogP contribution in [0.4, 0.5) is 0 Å². The highest BCUT2D eigenvalue weighted by molar-refractivity contribution is 6.29. The lowest BCUT2D eigenvalue weighted by Gasteiger charge is -2.23. The number of allylic oxidation sites excluding steroid dienone is 3. The van der Waals surface area contributed by atoms with Crippen molar-refractivity contribution in [1.82, 2.24) is 10.6 Å². The summed E-state index contributed by atoms with van der Waals surface area (Å²) in [6, 6.07) is 8.19. The van der Waals surface area contributed by atoms with Crippen molar-refractivity contribution in [3.8, 4) is 0 Å². The molecule has 0 radical (unpaired) electrons. The van der Waals surface area contributed by atoms with Crippen LogP contribution in [0.15, 0.2) is 47.0 Å². The van der Waals surface area contributed by atoms with E-state index in [1.807, 2.05) is 36.4 Å². The number of nitrogens with one attached hydrogen (secondary N) is 2. The van der Waals surface area contributed by atoms with Gasteiger partial charge in [-0.25, -0.2) is 0 Å². The van der Waals surface area contributed by atoms with Gasteiger partial charge in [0.2, 0.25) is 0 Å². The second-order valence-electron chi connectivity index (χ2n) is 7.19. The quantitative estimate of drug-likeness (QED) is 0.868. The van der Waals surface area contributed by atoms with E-state index in [1.165, 1.54) is 5.57 Å². The van der Waals surface area contributed by atoms with E-state index in [9.17, 15) is 4.79 Å². The molecule has 1 amide bonds. The fraction of sp³-hybridized carbons (Fsp3) is 0.450. The Morgan fingerprint density at radius 3 is 2.76 bits per heavy atom. The highest BCUT2D eigenvalue weighted by Gasteiger charge is 2.41. The lowest BCUT2D eigenvalue weighted by atomic mass is 9.93. The Morgan fingerprint density at radius 1 is 1.32 bits per heavy atom. The minimum atomic E-state index is -0.0488. The van der Waals surface area contributed by atoms with Crippen molar-refractivity contribution in [2.75, 3.05) is 13.1 Å². The number of carbonyl (C=O) groups excluding carboxylic acids is 1. The molecule has 2 saturated heterocycles. The molecule has 5 heteroatoms. The zero-order valence-electron chi connectivity index (χ0n) is 14.3. The van der Waals surface area contributed by atoms with Crippen molar-refractivity contribution in [2.45, 2.75) is 38.0 Å². The van der Waals surface area contributed by atoms with E-state index in [1.54, 1.807) is 0 Å². The Labute approximate surface area is 153 Å². The topological polar surface area (TPSA) is 50.4 Å². The second kappa shape index (κ2) is 6.94. The van der Waals surface area contributed by atoms with E-state index >= 15 is 0 Å². The molecule has 1 aromatic carbocycles. The van der Waals surface area contributed by atoms with Gasteiger partial charge in [-0.3, -0.25) is 4.79 Å². The van der Waals surface area contributed by atoms with Crippen LogP contribution in [0.1, 0.15) is 41.8 Å². The summed E-state index contributed by atoms with van der Waals surface area (Å²) in [5, 5.41) is 7.36. The average Bonchev–Trinajstić information content (AvgIpc) is 3.24. The van der Waals surface area contributed by atoms with Crippen molar-refractivity contribution in [1.29, 1.82) is 0 Å². The molecule has 25 heavy (non-hydrogen) atoms. The molecular formula is C20H23ClN2O2. The molecule has 4 nitrogen and oxygen atoms in total. The number of amides is 1. The summed E-state index contributed by atoms with van der Waals surface area (Å²) in [6.45, 7) is 3.64. The molecule has 0 aromatic heterocycles. The first-order valence-corrected chi connectivity index (χ1v) is 9.30. The zero-order valence-corrected chi connectivity index (χ0v) is 15.1. The van der Waals surface area contributed by atoms with E-state index < -0.39 is 0 Å². The van der Waals surface area contributed by atoms with E-state index in [0.29, 0.717) is 30.2 Å². The summed E-state index contributed by atoms with van der Waals surface area (Å²) in [4.78, 5) is 12.4. The lowest BCUT2D eigenvalue weighted by Crippen LogP contribution is -2.34. The summed E-state index contributed by atoms with van der Waals surface area (Å²) in [5.41, 5.74) is 3.02. The highest BCUT2D eigenvalue weighted by Crippen LogP contribution is 2.36. The normalized spacial score (nSPS) is 30.8. The van der Waals surface area contributed by atoms with Gasteiger partial charge in [-0.1, -0.05) is 36.7 Å². The van der Waals surface area contributed by atoms with Crippen LogP contribution in [-0.4, -0.2) is 31.1 Å². The monoisotopic (exact) mass is 358 g/mol. The number of halogens is 1. The number of benzene rings is 1. The molecule has 1 aliphatic carbocycles. The third kappa shape index (κ3) is 3.52. The molecule has 2 heterocycles. The first-order chi connectivity index (χ1) is 12.1. The van der Waals surface area contributed by atoms with Crippen LogP contribution < -0.4 is 10.6 Å². The van der Waals surface area contributed by atoms with Crippen LogP contribution in [0, 0.1) is 5.92 Å². The molecular weight excluding hydrogens is 336 g/mol. The van der Waals surface area contributed by atoms with Crippen molar-refractivity contribution in [3.63, 3.8) is 0 Å². The van der Waals surface area contributed by atoms with Crippen LogP contribution in [0.3, 0.4) is 0 Å². The number of hydrogen-bond donors (Lipinski definition) is 2. The Kier molecular flexibility index (Phi) is 4.67. The van der Waals surface area contributed by atoms with Gasteiger partial charge in [-0.15, -0.1) is 0 Å². The number of morpholine rings is 1. The Hall–Kier alpha value is -1.62. The summed E-state index contributed by atoms with van der Waals surface area (Å²) in [6.07, 6.45) is 6.31. The fourth-order valence-electron chi connectivity index (χ4n) is 3.88. The Balaban J connectivity index is 1.36. The van der Waals surface area contributed by atoms with Gasteiger partial charge in [0.1, 0.15) is 0 Å². The number of ether oxygens (including phenoxy) is 1. The Bertz CT molecular complexity index is 726. The molecule has 132 valence electrons. The van der Waals surface area contributed by atoms with Gasteiger partial charge in [-0.05, 0) is 48.1 Å². The number of carbonyl (C=O) groups is 1. The van der Waals surface area contributed by atoms with E-state index in [0.717, 1.165) is 30.0 Å². The molecule has 4 atom stereocenters. The van der Waals surface area contributed by atoms with E-state index in [4.69, 9.17) is 16.3 Å². The first-order valence-electron chi connectivity index (χ1n) is 8.92. The third-order valence-corrected chi connectivity index (χ3v) is 5.68. The molecule has 0 spiro atoms. The molecule has 2 N–H and O–H groups in total. The van der Waals surface area contributed by atoms with Crippen LogP contribution >= 0.6 is 11.6 Å². The summed E-state index contributed by atoms with van der Waals surface area (Å²) < 4.78 is 6.01. The van der Waals surface area contributed by atoms with Gasteiger partial charge < -0.3 is 15.4 Å². The SMILES string of the molecule is CC1CC(Cl)=CC=C1CNC(=O)c1ccc([C@@H]2O[C@H]3CN[C@@H]2C3)cc1. The molecule has 2 aliphatic heterocycles. The molecule has 2 fully saturated rings. The first kappa shape index (κ1) is 16.8. The largest absolute Gasteiger partial charge is 0.367 e. The zero-order chi connectivity index (χ0) is 17.4. The minimum absolute atomic E-state index is 0.0488. The van der Waals surface area contributed by atoms with Gasteiger partial charge in [0.25, 0.3) is 5.91 Å². The fourth-order valence-corrected chi connectivity index (χ4v) is 4.17. The van der Waals surface area contributed by atoms with Crippen molar-refractivity contribution in [2.24, 2.45) is 5.92 Å². The predicted molar refractivity (Wildman–Crippen MR) is 98.6 cm³/mol. The van der Waals surface area contributed by atoms with E-state index in [2.05, 4.69) is 17.6 Å². The maximum atomic E-state index is 12.4. The van der Waals surface area contributed by atoms with Gasteiger partial charge in [0, 0.05) is 29.7 Å². The molecule has 1 unspecified atom stereocenters. The van der Waals surface area contributed by atoms with Crippen LogP contribution in [0.25, 0.3) is 0 Å². The average molecular weight is 359 g/mol. The van der Waals surface area contributed by atoms with Crippen molar-refractivity contribution >= 4 is 17.5 Å². The van der Waals surface area contributed by atoms with Gasteiger partial charge in [0.15, 0.2) is 0 Å². The standard InChI is InChI=1S/C20H23ClN2O2/c1-12-8-16(21)7-6-15(12)10-23-20(24)14-4-2-13(3-5-14)19-18-9-17(25-19)11-22-18/h2-7,12,17-19,22H,8-11H2,1H3,(H,23,24)/t12?,17-,18-,19+/m1/s1. The maximum absolute atomic E-state index is 12.4. The predicted octanol–water partition coefficient (Wildman–Crippen LogP) is 3.31. The van der Waals surface area contributed by atoms with E-state index in [-0.39, 0.29) is 12.0 Å². The highest BCUT2D eigenvalue weighted by atomic mass is 35.5. The van der Waals surface area contributed by atoms with Crippen LogP contribution in [0.2, 0.25) is 0 Å². The second-order valence-corrected chi connectivity index (χ2v) is 7.68. The summed E-state index contributed by atoms with van der Waals surface area (Å²) in [5.74, 6) is 0.315. The molecule has 0 saturated carbocycles. The lowest BCUT2D eigenvalue weighted by molar-refractivity contribution is 0.0160. The number of rotatable bonds is 4. The summed E-state index contributed by atoms with van der Waals surface area (Å²) >= 11 is 6.04. The van der Waals surface area contributed by atoms with Gasteiger partial charge >= 0.3 is 0 Å². The van der Waals surface area contributed by atoms with Crippen LogP contribution in [0.5, 0.6) is 0 Å². The molecule has 4 rings (SSSR count). The maximum Gasteiger partial charge on any atom is 0.251 e. The number of hydrogen-bond acceptors (Lipinski definition) is 3. The van der Waals surface area contributed by atoms with Gasteiger partial charge in [0.05, 0.1) is 12.2 Å². The van der Waals surface area contributed by atoms with Crippen molar-refractivity contribution in [3.05, 3.63) is 58.1 Å². The molecule has 1 aromatic rings. The summed E-state index contributed by atoms with van der Waals surface area (Å²) in [7, 11) is 0. The number of fused-ring (bicyclic) bond motifs is 2. The van der Waals surface area contributed by atoms with Gasteiger partial charge in [-0.2, -0.15) is 0 Å². The smallest absolute Gasteiger partial charge is 0.251 e. The minimum Gasteiger partial charge on any atom is -0.367 e. The van der Waals surface area contributed by atoms with Crippen LogP contribution in [-0.2, 0) is 4.74 Å². The third-order valence-electron chi connectivity index (χ3n) is 5.40. The van der Waals surface area contributed by atoms with Crippen molar-refractivity contribution < 1.29 is 9.53 Å². The molecule has 2 bridgehead atoms.